The van der Waals surface area contributed by atoms with E-state index in [-0.39, 0.29) is 18.1 Å². The summed E-state index contributed by atoms with van der Waals surface area (Å²) in [5.41, 5.74) is 4.25. The van der Waals surface area contributed by atoms with Crippen LogP contribution in [0.25, 0.3) is 0 Å². The second-order valence-electron chi connectivity index (χ2n) is 7.18. The number of amides is 1. The first-order valence-electron chi connectivity index (χ1n) is 9.28. The van der Waals surface area contributed by atoms with Crippen molar-refractivity contribution in [1.29, 1.82) is 0 Å². The van der Waals surface area contributed by atoms with Crippen LogP contribution in [0.2, 0.25) is 0 Å². The average molecular weight is 398 g/mol. The van der Waals surface area contributed by atoms with E-state index in [2.05, 4.69) is 11.1 Å². The fourth-order valence-corrected chi connectivity index (χ4v) is 4.93. The van der Waals surface area contributed by atoms with Crippen molar-refractivity contribution in [2.24, 2.45) is 0 Å². The van der Waals surface area contributed by atoms with E-state index in [0.717, 1.165) is 17.5 Å². The van der Waals surface area contributed by atoms with Gasteiger partial charge in [0, 0.05) is 24.3 Å². The van der Waals surface area contributed by atoms with Crippen LogP contribution >= 0.6 is 0 Å². The molecule has 4 rings (SSSR count). The molecule has 2 aliphatic heterocycles. The smallest absolute Gasteiger partial charge is 0.227 e. The number of ether oxygens (including phenoxy) is 1. The van der Waals surface area contributed by atoms with Crippen molar-refractivity contribution in [2.75, 3.05) is 12.4 Å². The lowest BCUT2D eigenvalue weighted by Gasteiger charge is -2.28. The Morgan fingerprint density at radius 3 is 2.71 bits per heavy atom. The summed E-state index contributed by atoms with van der Waals surface area (Å²) in [7, 11) is -3.25. The summed E-state index contributed by atoms with van der Waals surface area (Å²) < 4.78 is 29.2. The monoisotopic (exact) mass is 398 g/mol. The molecule has 0 aliphatic carbocycles. The highest BCUT2D eigenvalue weighted by Gasteiger charge is 2.30. The number of hydrogen-bond donors (Lipinski definition) is 0. The Hall–Kier alpha value is -2.51. The Labute approximate surface area is 164 Å². The third-order valence-electron chi connectivity index (χ3n) is 5.13. The van der Waals surface area contributed by atoms with Gasteiger partial charge in [-0.3, -0.25) is 9.78 Å². The SMILES string of the molecule is O=C(Cc1ccc2c(c1)CCOC2)N(Cc1ccncc1)C1C=CS(=O)(=O)C1. The molecule has 2 aromatic rings. The van der Waals surface area contributed by atoms with Gasteiger partial charge in [-0.1, -0.05) is 18.2 Å². The molecule has 1 aromatic carbocycles. The first-order valence-corrected chi connectivity index (χ1v) is 11.0. The highest BCUT2D eigenvalue weighted by Crippen LogP contribution is 2.22. The van der Waals surface area contributed by atoms with Crippen molar-refractivity contribution in [3.63, 3.8) is 0 Å². The van der Waals surface area contributed by atoms with Gasteiger partial charge in [0.15, 0.2) is 9.84 Å². The van der Waals surface area contributed by atoms with Gasteiger partial charge in [0.25, 0.3) is 0 Å². The Kier molecular flexibility index (Phi) is 5.28. The molecule has 1 atom stereocenters. The largest absolute Gasteiger partial charge is 0.376 e. The van der Waals surface area contributed by atoms with Crippen molar-refractivity contribution in [2.45, 2.75) is 32.0 Å². The van der Waals surface area contributed by atoms with Crippen molar-refractivity contribution in [3.05, 3.63) is 76.5 Å². The molecule has 146 valence electrons. The second kappa shape index (κ2) is 7.85. The summed E-state index contributed by atoms with van der Waals surface area (Å²) in [4.78, 5) is 18.8. The number of aromatic nitrogens is 1. The lowest BCUT2D eigenvalue weighted by Crippen LogP contribution is -2.41. The molecule has 3 heterocycles. The zero-order valence-corrected chi connectivity index (χ0v) is 16.3. The minimum atomic E-state index is -3.25. The van der Waals surface area contributed by atoms with Crippen LogP contribution < -0.4 is 0 Å². The predicted molar refractivity (Wildman–Crippen MR) is 105 cm³/mol. The van der Waals surface area contributed by atoms with E-state index in [9.17, 15) is 13.2 Å². The van der Waals surface area contributed by atoms with Gasteiger partial charge in [-0.15, -0.1) is 0 Å². The number of rotatable bonds is 5. The van der Waals surface area contributed by atoms with Crippen LogP contribution in [0.5, 0.6) is 0 Å². The van der Waals surface area contributed by atoms with Gasteiger partial charge >= 0.3 is 0 Å². The first-order chi connectivity index (χ1) is 13.5. The summed E-state index contributed by atoms with van der Waals surface area (Å²) in [5, 5.41) is 1.21. The minimum absolute atomic E-state index is 0.0641. The molecule has 0 saturated heterocycles. The Bertz CT molecular complexity index is 1000. The third-order valence-corrected chi connectivity index (χ3v) is 6.51. The fraction of sp³-hybridized carbons (Fsp3) is 0.333. The van der Waals surface area contributed by atoms with Gasteiger partial charge in [-0.2, -0.15) is 0 Å². The molecule has 0 bridgehead atoms. The molecule has 2 aliphatic rings. The zero-order chi connectivity index (χ0) is 19.6. The molecular weight excluding hydrogens is 376 g/mol. The molecule has 0 N–H and O–H groups in total. The summed E-state index contributed by atoms with van der Waals surface area (Å²) in [6, 6.07) is 9.28. The van der Waals surface area contributed by atoms with E-state index >= 15 is 0 Å². The number of benzene rings is 1. The summed E-state index contributed by atoms with van der Waals surface area (Å²) >= 11 is 0. The number of nitrogens with zero attached hydrogens (tertiary/aromatic N) is 2. The van der Waals surface area contributed by atoms with E-state index in [1.165, 1.54) is 16.5 Å². The van der Waals surface area contributed by atoms with Crippen molar-refractivity contribution >= 4 is 15.7 Å². The van der Waals surface area contributed by atoms with E-state index in [1.54, 1.807) is 23.4 Å². The van der Waals surface area contributed by atoms with Gasteiger partial charge in [-0.05, 0) is 46.9 Å². The summed E-state index contributed by atoms with van der Waals surface area (Å²) in [6.45, 7) is 1.66. The molecule has 7 heteroatoms. The highest BCUT2D eigenvalue weighted by atomic mass is 32.2. The number of carbonyl (C=O) groups is 1. The number of hydrogen-bond acceptors (Lipinski definition) is 5. The quantitative estimate of drug-likeness (QED) is 0.770. The predicted octanol–water partition coefficient (Wildman–Crippen LogP) is 2.04. The summed E-state index contributed by atoms with van der Waals surface area (Å²) in [5.74, 6) is -0.152. The first kappa shape index (κ1) is 18.8. The van der Waals surface area contributed by atoms with Crippen LogP contribution in [0.3, 0.4) is 0 Å². The summed E-state index contributed by atoms with van der Waals surface area (Å²) in [6.07, 6.45) is 6.04. The standard InChI is InChI=1S/C21H22N2O4S/c24-21(12-17-1-2-19-14-27-9-5-18(19)11-17)23(13-16-3-7-22-8-4-16)20-6-10-28(25,26)15-20/h1-4,6-8,10-11,20H,5,9,12-15H2. The average Bonchev–Trinajstić information content (AvgIpc) is 3.06. The molecule has 0 radical (unpaired) electrons. The van der Waals surface area contributed by atoms with Crippen LogP contribution in [-0.4, -0.2) is 42.6 Å². The van der Waals surface area contributed by atoms with Crippen LogP contribution in [0.4, 0.5) is 0 Å². The van der Waals surface area contributed by atoms with Crippen molar-refractivity contribution < 1.29 is 17.9 Å². The van der Waals surface area contributed by atoms with Gasteiger partial charge < -0.3 is 9.64 Å². The molecule has 1 unspecified atom stereocenters. The van der Waals surface area contributed by atoms with Crippen LogP contribution in [0.15, 0.2) is 54.2 Å². The Balaban J connectivity index is 1.55. The number of carbonyl (C=O) groups excluding carboxylic acids is 1. The van der Waals surface area contributed by atoms with Crippen LogP contribution in [0.1, 0.15) is 22.3 Å². The molecule has 0 saturated carbocycles. The molecular formula is C21H22N2O4S. The maximum atomic E-state index is 13.1. The lowest BCUT2D eigenvalue weighted by molar-refractivity contribution is -0.132. The Morgan fingerprint density at radius 2 is 1.96 bits per heavy atom. The van der Waals surface area contributed by atoms with Crippen molar-refractivity contribution in [1.82, 2.24) is 9.88 Å². The van der Waals surface area contributed by atoms with E-state index in [1.807, 2.05) is 24.3 Å². The van der Waals surface area contributed by atoms with Crippen LogP contribution in [0, 0.1) is 0 Å². The maximum absolute atomic E-state index is 13.1. The van der Waals surface area contributed by atoms with E-state index in [0.29, 0.717) is 19.8 Å². The molecule has 0 fully saturated rings. The fourth-order valence-electron chi connectivity index (χ4n) is 3.63. The molecule has 1 amide bonds. The molecule has 1 aromatic heterocycles. The van der Waals surface area contributed by atoms with Gasteiger partial charge in [0.05, 0.1) is 31.4 Å². The topological polar surface area (TPSA) is 76.6 Å². The molecule has 28 heavy (non-hydrogen) atoms. The van der Waals surface area contributed by atoms with Gasteiger partial charge in [0.2, 0.25) is 5.91 Å². The lowest BCUT2D eigenvalue weighted by atomic mass is 9.98. The van der Waals surface area contributed by atoms with Crippen molar-refractivity contribution in [3.8, 4) is 0 Å². The molecule has 6 nitrogen and oxygen atoms in total. The van der Waals surface area contributed by atoms with E-state index < -0.39 is 15.9 Å². The Morgan fingerprint density at radius 1 is 1.14 bits per heavy atom. The number of sulfone groups is 1. The minimum Gasteiger partial charge on any atom is -0.376 e. The third kappa shape index (κ3) is 4.31. The van der Waals surface area contributed by atoms with E-state index in [4.69, 9.17) is 4.74 Å². The number of fused-ring (bicyclic) bond motifs is 1. The molecule has 0 spiro atoms. The maximum Gasteiger partial charge on any atom is 0.227 e. The number of pyridine rings is 1. The van der Waals surface area contributed by atoms with Crippen LogP contribution in [-0.2, 0) is 45.4 Å². The highest BCUT2D eigenvalue weighted by molar-refractivity contribution is 7.94. The normalized spacial score (nSPS) is 19.9. The van der Waals surface area contributed by atoms with Gasteiger partial charge in [0.1, 0.15) is 0 Å². The van der Waals surface area contributed by atoms with Gasteiger partial charge in [-0.25, -0.2) is 8.42 Å². The zero-order valence-electron chi connectivity index (χ0n) is 15.5. The second-order valence-corrected chi connectivity index (χ2v) is 9.12.